The lowest BCUT2D eigenvalue weighted by molar-refractivity contribution is -0.129. The molecule has 0 fully saturated rings. The molecule has 23 heavy (non-hydrogen) atoms. The molecule has 0 saturated heterocycles. The number of aryl methyl sites for hydroxylation is 1. The molecule has 0 aliphatic heterocycles. The van der Waals surface area contributed by atoms with E-state index in [4.69, 9.17) is 14.7 Å². The Morgan fingerprint density at radius 3 is 2.52 bits per heavy atom. The summed E-state index contributed by atoms with van der Waals surface area (Å²) in [7, 11) is 0. The van der Waals surface area contributed by atoms with Gasteiger partial charge in [0.15, 0.2) is 0 Å². The van der Waals surface area contributed by atoms with Crippen LogP contribution in [-0.4, -0.2) is 43.1 Å². The van der Waals surface area contributed by atoms with Crippen LogP contribution in [0.5, 0.6) is 0 Å². The second-order valence-electron chi connectivity index (χ2n) is 5.09. The number of hydrogen-bond acceptors (Lipinski definition) is 5. The van der Waals surface area contributed by atoms with Crippen LogP contribution < -0.4 is 10.8 Å². The minimum absolute atomic E-state index is 0.0767. The SMILES string of the molecule is CCOCOCC(CCC(=O)NO)NC(=O)c1ccc(C)cc1. The van der Waals surface area contributed by atoms with Gasteiger partial charge in [-0.2, -0.15) is 0 Å². The zero-order chi connectivity index (χ0) is 17.1. The highest BCUT2D eigenvalue weighted by Gasteiger charge is 2.15. The molecule has 0 aromatic heterocycles. The number of rotatable bonds is 10. The molecule has 0 spiro atoms. The van der Waals surface area contributed by atoms with Crippen LogP contribution in [0.3, 0.4) is 0 Å². The van der Waals surface area contributed by atoms with E-state index in [2.05, 4.69) is 5.32 Å². The third-order valence-corrected chi connectivity index (χ3v) is 3.18. The summed E-state index contributed by atoms with van der Waals surface area (Å²) in [6.07, 6.45) is 0.420. The minimum atomic E-state index is -0.510. The third-order valence-electron chi connectivity index (χ3n) is 3.18. The molecule has 1 unspecified atom stereocenters. The third kappa shape index (κ3) is 7.73. The summed E-state index contributed by atoms with van der Waals surface area (Å²) in [4.78, 5) is 23.4. The van der Waals surface area contributed by atoms with Crippen LogP contribution in [0.15, 0.2) is 24.3 Å². The van der Waals surface area contributed by atoms with Crippen molar-refractivity contribution in [3.8, 4) is 0 Å². The number of hydrogen-bond donors (Lipinski definition) is 3. The molecule has 2 amide bonds. The largest absolute Gasteiger partial charge is 0.356 e. The molecule has 1 aromatic rings. The predicted octanol–water partition coefficient (Wildman–Crippen LogP) is 1.39. The molecule has 1 atom stereocenters. The molecule has 1 aromatic carbocycles. The number of ether oxygens (including phenoxy) is 2. The van der Waals surface area contributed by atoms with Crippen molar-refractivity contribution in [2.24, 2.45) is 0 Å². The Balaban J connectivity index is 2.56. The maximum absolute atomic E-state index is 12.2. The number of nitrogens with one attached hydrogen (secondary N) is 2. The van der Waals surface area contributed by atoms with Crippen molar-refractivity contribution in [1.29, 1.82) is 0 Å². The molecular weight excluding hydrogens is 300 g/mol. The zero-order valence-corrected chi connectivity index (χ0v) is 13.5. The van der Waals surface area contributed by atoms with Gasteiger partial charge >= 0.3 is 0 Å². The van der Waals surface area contributed by atoms with E-state index >= 15 is 0 Å². The van der Waals surface area contributed by atoms with E-state index in [1.165, 1.54) is 0 Å². The Kier molecular flexibility index (Phi) is 8.89. The number of amides is 2. The first-order valence-corrected chi connectivity index (χ1v) is 7.52. The van der Waals surface area contributed by atoms with Gasteiger partial charge in [-0.05, 0) is 32.4 Å². The highest BCUT2D eigenvalue weighted by molar-refractivity contribution is 5.94. The summed E-state index contributed by atoms with van der Waals surface area (Å²) in [5.74, 6) is -0.746. The number of benzene rings is 1. The Labute approximate surface area is 135 Å². The van der Waals surface area contributed by atoms with Gasteiger partial charge in [0.05, 0.1) is 12.6 Å². The molecular formula is C16H24N2O5. The molecule has 0 aliphatic rings. The molecule has 0 saturated carbocycles. The van der Waals surface area contributed by atoms with Crippen LogP contribution in [0.1, 0.15) is 35.7 Å². The van der Waals surface area contributed by atoms with Gasteiger partial charge in [0.25, 0.3) is 5.91 Å². The van der Waals surface area contributed by atoms with Crippen LogP contribution in [0.2, 0.25) is 0 Å². The van der Waals surface area contributed by atoms with Crippen LogP contribution in [0, 0.1) is 6.92 Å². The lowest BCUT2D eigenvalue weighted by Gasteiger charge is -2.18. The Morgan fingerprint density at radius 1 is 1.22 bits per heavy atom. The summed E-state index contributed by atoms with van der Waals surface area (Å²) in [6, 6.07) is 6.83. The van der Waals surface area contributed by atoms with E-state index in [9.17, 15) is 9.59 Å². The molecule has 7 nitrogen and oxygen atoms in total. The maximum atomic E-state index is 12.2. The summed E-state index contributed by atoms with van der Waals surface area (Å²) < 4.78 is 10.4. The van der Waals surface area contributed by atoms with Gasteiger partial charge in [0, 0.05) is 18.6 Å². The lowest BCUT2D eigenvalue weighted by atomic mass is 10.1. The lowest BCUT2D eigenvalue weighted by Crippen LogP contribution is -2.39. The molecule has 0 bridgehead atoms. The molecule has 3 N–H and O–H groups in total. The Bertz CT molecular complexity index is 490. The molecule has 128 valence electrons. The smallest absolute Gasteiger partial charge is 0.251 e. The van der Waals surface area contributed by atoms with Gasteiger partial charge in [-0.1, -0.05) is 17.7 Å². The van der Waals surface area contributed by atoms with Gasteiger partial charge < -0.3 is 14.8 Å². The van der Waals surface area contributed by atoms with Crippen LogP contribution in [-0.2, 0) is 14.3 Å². The number of carbonyl (C=O) groups excluding carboxylic acids is 2. The zero-order valence-electron chi connectivity index (χ0n) is 13.5. The van der Waals surface area contributed by atoms with Gasteiger partial charge in [-0.15, -0.1) is 0 Å². The summed E-state index contributed by atoms with van der Waals surface area (Å²) in [5.41, 5.74) is 3.18. The Morgan fingerprint density at radius 2 is 1.91 bits per heavy atom. The number of carbonyl (C=O) groups is 2. The molecule has 1 rings (SSSR count). The molecule has 0 aliphatic carbocycles. The average Bonchev–Trinajstić information content (AvgIpc) is 2.56. The van der Waals surface area contributed by atoms with Crippen molar-refractivity contribution in [3.05, 3.63) is 35.4 Å². The minimum Gasteiger partial charge on any atom is -0.356 e. The fraction of sp³-hybridized carbons (Fsp3) is 0.500. The van der Waals surface area contributed by atoms with E-state index < -0.39 is 5.91 Å². The van der Waals surface area contributed by atoms with E-state index in [-0.39, 0.29) is 31.8 Å². The van der Waals surface area contributed by atoms with Crippen molar-refractivity contribution in [1.82, 2.24) is 10.8 Å². The quantitative estimate of drug-likeness (QED) is 0.261. The van der Waals surface area contributed by atoms with Crippen molar-refractivity contribution in [2.75, 3.05) is 20.0 Å². The van der Waals surface area contributed by atoms with E-state index in [0.717, 1.165) is 5.56 Å². The van der Waals surface area contributed by atoms with Crippen LogP contribution in [0.25, 0.3) is 0 Å². The standard InChI is InChI=1S/C16H24N2O5/c1-3-22-11-23-10-14(8-9-15(19)18-21)17-16(20)13-6-4-12(2)5-7-13/h4-7,14,21H,3,8-11H2,1-2H3,(H,17,20)(H,18,19). The summed E-state index contributed by atoms with van der Waals surface area (Å²) in [5, 5.41) is 11.4. The summed E-state index contributed by atoms with van der Waals surface area (Å²) in [6.45, 7) is 4.67. The fourth-order valence-electron chi connectivity index (χ4n) is 1.86. The topological polar surface area (TPSA) is 96.9 Å². The monoisotopic (exact) mass is 324 g/mol. The highest BCUT2D eigenvalue weighted by Crippen LogP contribution is 2.05. The second-order valence-corrected chi connectivity index (χ2v) is 5.09. The van der Waals surface area contributed by atoms with Gasteiger partial charge in [0.2, 0.25) is 5.91 Å². The van der Waals surface area contributed by atoms with Crippen molar-refractivity contribution >= 4 is 11.8 Å². The van der Waals surface area contributed by atoms with Gasteiger partial charge in [-0.25, -0.2) is 5.48 Å². The normalized spacial score (nSPS) is 11.8. The van der Waals surface area contributed by atoms with Crippen LogP contribution in [0.4, 0.5) is 0 Å². The van der Waals surface area contributed by atoms with Crippen molar-refractivity contribution in [3.63, 3.8) is 0 Å². The van der Waals surface area contributed by atoms with Gasteiger partial charge in [-0.3, -0.25) is 14.8 Å². The Hall–Kier alpha value is -1.96. The van der Waals surface area contributed by atoms with Gasteiger partial charge in [0.1, 0.15) is 6.79 Å². The first-order chi connectivity index (χ1) is 11.1. The fourth-order valence-corrected chi connectivity index (χ4v) is 1.86. The maximum Gasteiger partial charge on any atom is 0.251 e. The predicted molar refractivity (Wildman–Crippen MR) is 84.0 cm³/mol. The van der Waals surface area contributed by atoms with Crippen LogP contribution >= 0.6 is 0 Å². The second kappa shape index (κ2) is 10.7. The average molecular weight is 324 g/mol. The molecule has 0 radical (unpaired) electrons. The molecule has 0 heterocycles. The van der Waals surface area contributed by atoms with E-state index in [1.807, 2.05) is 26.0 Å². The van der Waals surface area contributed by atoms with Crippen molar-refractivity contribution < 1.29 is 24.3 Å². The first-order valence-electron chi connectivity index (χ1n) is 7.52. The molecule has 7 heteroatoms. The summed E-state index contributed by atoms with van der Waals surface area (Å²) >= 11 is 0. The highest BCUT2D eigenvalue weighted by atomic mass is 16.7. The number of hydroxylamine groups is 1. The first kappa shape index (κ1) is 19.1. The van der Waals surface area contributed by atoms with E-state index in [1.54, 1.807) is 17.6 Å². The van der Waals surface area contributed by atoms with Crippen molar-refractivity contribution in [2.45, 2.75) is 32.7 Å². The van der Waals surface area contributed by atoms with E-state index in [0.29, 0.717) is 18.6 Å².